The molecule has 3 aromatic rings. The van der Waals surface area contributed by atoms with Crippen LogP contribution in [-0.4, -0.2) is 23.2 Å². The van der Waals surface area contributed by atoms with Crippen LogP contribution < -0.4 is 5.32 Å². The van der Waals surface area contributed by atoms with Crippen LogP contribution in [0.25, 0.3) is 0 Å². The lowest BCUT2D eigenvalue weighted by Gasteiger charge is -2.20. The van der Waals surface area contributed by atoms with E-state index in [-0.39, 0.29) is 29.5 Å². The number of amides is 1. The van der Waals surface area contributed by atoms with E-state index in [0.29, 0.717) is 22.4 Å². The molecule has 0 spiro atoms. The second kappa shape index (κ2) is 8.05. The average Bonchev–Trinajstić information content (AvgIpc) is 2.73. The van der Waals surface area contributed by atoms with Crippen molar-refractivity contribution < 1.29 is 14.4 Å². The van der Waals surface area contributed by atoms with Crippen LogP contribution in [0.5, 0.6) is 0 Å². The van der Waals surface area contributed by atoms with Crippen LogP contribution in [0.3, 0.4) is 0 Å². The van der Waals surface area contributed by atoms with Crippen LogP contribution in [0.2, 0.25) is 0 Å². The molecule has 4 rings (SSSR count). The van der Waals surface area contributed by atoms with Crippen molar-refractivity contribution in [1.29, 1.82) is 0 Å². The molecule has 0 aliphatic heterocycles. The van der Waals surface area contributed by atoms with Gasteiger partial charge in [-0.2, -0.15) is 0 Å². The van der Waals surface area contributed by atoms with Crippen LogP contribution in [-0.2, 0) is 11.2 Å². The SMILES string of the molecule is CCSc1ccc(CC(=O)Nc2cccc3c2C(=O)c2ccccc2C3=O)cc1. The minimum atomic E-state index is -0.243. The highest BCUT2D eigenvalue weighted by molar-refractivity contribution is 7.99. The van der Waals surface area contributed by atoms with E-state index in [0.717, 1.165) is 16.2 Å². The van der Waals surface area contributed by atoms with Gasteiger partial charge < -0.3 is 5.32 Å². The summed E-state index contributed by atoms with van der Waals surface area (Å²) >= 11 is 1.75. The maximum atomic E-state index is 13.0. The van der Waals surface area contributed by atoms with Crippen molar-refractivity contribution in [2.45, 2.75) is 18.2 Å². The van der Waals surface area contributed by atoms with Gasteiger partial charge in [-0.25, -0.2) is 0 Å². The van der Waals surface area contributed by atoms with Crippen molar-refractivity contribution in [1.82, 2.24) is 0 Å². The molecule has 144 valence electrons. The van der Waals surface area contributed by atoms with Crippen LogP contribution >= 0.6 is 11.8 Å². The molecule has 0 heterocycles. The fourth-order valence-corrected chi connectivity index (χ4v) is 4.16. The van der Waals surface area contributed by atoms with E-state index >= 15 is 0 Å². The summed E-state index contributed by atoms with van der Waals surface area (Å²) in [6.45, 7) is 2.09. The van der Waals surface area contributed by atoms with E-state index < -0.39 is 0 Å². The molecule has 5 heteroatoms. The standard InChI is InChI=1S/C24H19NO3S/c1-2-29-16-12-10-15(11-13-16)14-21(26)25-20-9-5-8-19-22(20)24(28)18-7-4-3-6-17(18)23(19)27/h3-13H,2,14H2,1H3,(H,25,26). The Bertz CT molecular complexity index is 1120. The molecule has 1 aliphatic rings. The number of hydrogen-bond acceptors (Lipinski definition) is 4. The third-order valence-corrected chi connectivity index (χ3v) is 5.72. The number of anilines is 1. The lowest BCUT2D eigenvalue weighted by molar-refractivity contribution is -0.115. The first kappa shape index (κ1) is 19.2. The topological polar surface area (TPSA) is 63.2 Å². The maximum absolute atomic E-state index is 13.0. The molecule has 0 bridgehead atoms. The smallest absolute Gasteiger partial charge is 0.228 e. The number of fused-ring (bicyclic) bond motifs is 2. The van der Waals surface area contributed by atoms with Crippen molar-refractivity contribution in [2.24, 2.45) is 0 Å². The van der Waals surface area contributed by atoms with Crippen LogP contribution in [0, 0.1) is 0 Å². The molecule has 0 aromatic heterocycles. The highest BCUT2D eigenvalue weighted by atomic mass is 32.2. The normalized spacial score (nSPS) is 12.3. The molecule has 0 fully saturated rings. The Morgan fingerprint density at radius 2 is 1.48 bits per heavy atom. The van der Waals surface area contributed by atoms with Gasteiger partial charge in [0.05, 0.1) is 17.7 Å². The van der Waals surface area contributed by atoms with Gasteiger partial charge >= 0.3 is 0 Å². The first-order chi connectivity index (χ1) is 14.1. The minimum Gasteiger partial charge on any atom is -0.325 e. The molecule has 29 heavy (non-hydrogen) atoms. The Hall–Kier alpha value is -3.18. The van der Waals surface area contributed by atoms with E-state index in [4.69, 9.17) is 0 Å². The number of carbonyl (C=O) groups excluding carboxylic acids is 3. The van der Waals surface area contributed by atoms with Gasteiger partial charge in [-0.3, -0.25) is 14.4 Å². The Kier molecular flexibility index (Phi) is 5.32. The fraction of sp³-hybridized carbons (Fsp3) is 0.125. The lowest BCUT2D eigenvalue weighted by atomic mass is 9.83. The van der Waals surface area contributed by atoms with Gasteiger partial charge in [0.25, 0.3) is 0 Å². The molecular formula is C24H19NO3S. The van der Waals surface area contributed by atoms with Gasteiger partial charge in [-0.05, 0) is 29.5 Å². The number of carbonyl (C=O) groups is 3. The summed E-state index contributed by atoms with van der Waals surface area (Å²) in [4.78, 5) is 39.6. The molecule has 4 nitrogen and oxygen atoms in total. The van der Waals surface area contributed by atoms with E-state index in [1.54, 1.807) is 54.2 Å². The zero-order chi connectivity index (χ0) is 20.4. The second-order valence-electron chi connectivity index (χ2n) is 6.73. The molecular weight excluding hydrogens is 382 g/mol. The highest BCUT2D eigenvalue weighted by Gasteiger charge is 2.31. The highest BCUT2D eigenvalue weighted by Crippen LogP contribution is 2.32. The van der Waals surface area contributed by atoms with Crippen molar-refractivity contribution in [3.8, 4) is 0 Å². The first-order valence-electron chi connectivity index (χ1n) is 9.41. The molecule has 1 N–H and O–H groups in total. The molecule has 0 atom stereocenters. The van der Waals surface area contributed by atoms with Gasteiger partial charge in [-0.15, -0.1) is 11.8 Å². The molecule has 0 unspecified atom stereocenters. The predicted octanol–water partition coefficient (Wildman–Crippen LogP) is 4.76. The number of benzene rings is 3. The van der Waals surface area contributed by atoms with Crippen LogP contribution in [0.4, 0.5) is 5.69 Å². The zero-order valence-corrected chi connectivity index (χ0v) is 16.7. The van der Waals surface area contributed by atoms with Gasteiger partial charge in [0, 0.05) is 21.6 Å². The molecule has 3 aromatic carbocycles. The Morgan fingerprint density at radius 3 is 2.17 bits per heavy atom. The summed E-state index contributed by atoms with van der Waals surface area (Å²) in [6, 6.07) is 19.6. The first-order valence-corrected chi connectivity index (χ1v) is 10.4. The number of hydrogen-bond donors (Lipinski definition) is 1. The number of ketones is 2. The lowest BCUT2D eigenvalue weighted by Crippen LogP contribution is -2.24. The monoisotopic (exact) mass is 401 g/mol. The number of thioether (sulfide) groups is 1. The van der Waals surface area contributed by atoms with Gasteiger partial charge in [0.15, 0.2) is 11.6 Å². The van der Waals surface area contributed by atoms with Crippen LogP contribution in [0.15, 0.2) is 71.6 Å². The molecule has 1 amide bonds. The van der Waals surface area contributed by atoms with Gasteiger partial charge in [0.1, 0.15) is 0 Å². The zero-order valence-electron chi connectivity index (χ0n) is 15.9. The summed E-state index contributed by atoms with van der Waals surface area (Å²) in [5.41, 5.74) is 2.62. The second-order valence-corrected chi connectivity index (χ2v) is 8.07. The molecule has 0 saturated heterocycles. The van der Waals surface area contributed by atoms with Crippen molar-refractivity contribution in [3.05, 3.63) is 94.5 Å². The summed E-state index contributed by atoms with van der Waals surface area (Å²) in [5.74, 6) is 0.324. The Balaban J connectivity index is 1.58. The van der Waals surface area contributed by atoms with Crippen LogP contribution in [0.1, 0.15) is 44.3 Å². The largest absolute Gasteiger partial charge is 0.325 e. The predicted molar refractivity (Wildman–Crippen MR) is 115 cm³/mol. The number of rotatable bonds is 5. The molecule has 0 saturated carbocycles. The van der Waals surface area contributed by atoms with Gasteiger partial charge in [-0.1, -0.05) is 55.5 Å². The van der Waals surface area contributed by atoms with E-state index in [2.05, 4.69) is 12.2 Å². The number of nitrogens with one attached hydrogen (secondary N) is 1. The summed E-state index contributed by atoms with van der Waals surface area (Å²) in [7, 11) is 0. The summed E-state index contributed by atoms with van der Waals surface area (Å²) in [6.07, 6.45) is 0.194. The van der Waals surface area contributed by atoms with E-state index in [9.17, 15) is 14.4 Å². The average molecular weight is 401 g/mol. The van der Waals surface area contributed by atoms with Crippen molar-refractivity contribution >= 4 is 34.9 Å². The third-order valence-electron chi connectivity index (χ3n) is 4.83. The summed E-state index contributed by atoms with van der Waals surface area (Å²) < 4.78 is 0. The summed E-state index contributed by atoms with van der Waals surface area (Å²) in [5, 5.41) is 2.82. The molecule has 1 aliphatic carbocycles. The third kappa shape index (κ3) is 3.74. The quantitative estimate of drug-likeness (QED) is 0.490. The van der Waals surface area contributed by atoms with Crippen molar-refractivity contribution in [3.63, 3.8) is 0 Å². The van der Waals surface area contributed by atoms with Crippen molar-refractivity contribution in [2.75, 3.05) is 11.1 Å². The Morgan fingerprint density at radius 1 is 0.828 bits per heavy atom. The van der Waals surface area contributed by atoms with Gasteiger partial charge in [0.2, 0.25) is 5.91 Å². The molecule has 0 radical (unpaired) electrons. The van der Waals surface area contributed by atoms with E-state index in [1.165, 1.54) is 0 Å². The maximum Gasteiger partial charge on any atom is 0.228 e. The minimum absolute atomic E-state index is 0.194. The van der Waals surface area contributed by atoms with E-state index in [1.807, 2.05) is 24.3 Å². The Labute approximate surface area is 173 Å². The fourth-order valence-electron chi connectivity index (χ4n) is 3.50.